The van der Waals surface area contributed by atoms with Crippen molar-refractivity contribution in [2.45, 2.75) is 6.29 Å². The fourth-order valence-corrected chi connectivity index (χ4v) is 3.81. The summed E-state index contributed by atoms with van der Waals surface area (Å²) in [5, 5.41) is 7.62. The molecule has 158 valence electrons. The zero-order chi connectivity index (χ0) is 21.2. The van der Waals surface area contributed by atoms with E-state index in [0.717, 1.165) is 11.1 Å². The Labute approximate surface area is 179 Å². The molecule has 0 saturated carbocycles. The first-order valence-corrected chi connectivity index (χ1v) is 10.5. The van der Waals surface area contributed by atoms with Crippen LogP contribution in [0.1, 0.15) is 9.67 Å². The van der Waals surface area contributed by atoms with Crippen molar-refractivity contribution in [3.63, 3.8) is 0 Å². The third-order valence-electron chi connectivity index (χ3n) is 4.62. The van der Waals surface area contributed by atoms with E-state index in [9.17, 15) is 9.59 Å². The molecule has 3 aromatic heterocycles. The number of ether oxygens (including phenoxy) is 2. The number of fused-ring (bicyclic) bond motifs is 1. The van der Waals surface area contributed by atoms with Gasteiger partial charge in [0.1, 0.15) is 0 Å². The van der Waals surface area contributed by atoms with Crippen LogP contribution in [-0.2, 0) is 9.47 Å². The molecular weight excluding hydrogens is 420 g/mol. The number of hydrogen-bond donors (Lipinski definition) is 4. The van der Waals surface area contributed by atoms with Gasteiger partial charge in [0.25, 0.3) is 11.5 Å². The van der Waals surface area contributed by atoms with E-state index in [1.165, 1.54) is 17.4 Å². The molecule has 0 unspecified atom stereocenters. The van der Waals surface area contributed by atoms with E-state index in [1.807, 2.05) is 23.6 Å². The Balaban J connectivity index is 1.37. The van der Waals surface area contributed by atoms with Crippen molar-refractivity contribution in [1.82, 2.24) is 19.9 Å². The topological polar surface area (TPSA) is 134 Å². The number of nitrogens with zero attached hydrogens (tertiary/aromatic N) is 2. The first kappa shape index (κ1) is 19.4. The van der Waals surface area contributed by atoms with Gasteiger partial charge in [-0.25, -0.2) is 9.97 Å². The Bertz CT molecular complexity index is 1280. The molecule has 1 aliphatic heterocycles. The van der Waals surface area contributed by atoms with Crippen LogP contribution in [0.25, 0.3) is 22.3 Å². The molecule has 1 fully saturated rings. The van der Waals surface area contributed by atoms with Crippen molar-refractivity contribution in [1.29, 1.82) is 0 Å². The number of thiophene rings is 1. The maximum atomic E-state index is 12.2. The fourth-order valence-electron chi connectivity index (χ4n) is 3.20. The average molecular weight is 438 g/mol. The molecule has 5 rings (SSSR count). The Morgan fingerprint density at radius 2 is 2.00 bits per heavy atom. The number of benzene rings is 1. The zero-order valence-electron chi connectivity index (χ0n) is 16.2. The minimum atomic E-state index is -0.364. The zero-order valence-corrected chi connectivity index (χ0v) is 17.0. The largest absolute Gasteiger partial charge is 0.351 e. The third kappa shape index (κ3) is 4.33. The molecule has 1 saturated heterocycles. The fraction of sp³-hybridized carbons (Fsp3) is 0.200. The summed E-state index contributed by atoms with van der Waals surface area (Å²) in [5.74, 6) is 0.451. The van der Waals surface area contributed by atoms with Gasteiger partial charge in [-0.1, -0.05) is 12.1 Å². The number of hydrogen-bond acceptors (Lipinski definition) is 8. The second-order valence-corrected chi connectivity index (χ2v) is 7.73. The average Bonchev–Trinajstić information content (AvgIpc) is 3.53. The minimum Gasteiger partial charge on any atom is -0.351 e. The monoisotopic (exact) mass is 438 g/mol. The van der Waals surface area contributed by atoms with Gasteiger partial charge in [0.2, 0.25) is 11.9 Å². The van der Waals surface area contributed by atoms with Gasteiger partial charge in [-0.3, -0.25) is 19.9 Å². The molecule has 0 spiro atoms. The van der Waals surface area contributed by atoms with Gasteiger partial charge in [0.05, 0.1) is 41.4 Å². The van der Waals surface area contributed by atoms with Crippen molar-refractivity contribution in [3.05, 3.63) is 57.0 Å². The Morgan fingerprint density at radius 3 is 2.81 bits per heavy atom. The van der Waals surface area contributed by atoms with Crippen molar-refractivity contribution in [3.8, 4) is 11.3 Å². The van der Waals surface area contributed by atoms with E-state index in [4.69, 9.17) is 9.47 Å². The first-order chi connectivity index (χ1) is 15.1. The highest BCUT2D eigenvalue weighted by molar-refractivity contribution is 7.12. The van der Waals surface area contributed by atoms with E-state index < -0.39 is 0 Å². The summed E-state index contributed by atoms with van der Waals surface area (Å²) >= 11 is 1.36. The highest BCUT2D eigenvalue weighted by Gasteiger charge is 2.16. The molecule has 0 radical (unpaired) electrons. The van der Waals surface area contributed by atoms with Crippen molar-refractivity contribution < 1.29 is 14.3 Å². The van der Waals surface area contributed by atoms with Crippen LogP contribution in [0.3, 0.4) is 0 Å². The lowest BCUT2D eigenvalue weighted by Gasteiger charge is -2.11. The Hall–Kier alpha value is -3.54. The van der Waals surface area contributed by atoms with Gasteiger partial charge < -0.3 is 19.8 Å². The summed E-state index contributed by atoms with van der Waals surface area (Å²) in [4.78, 5) is 39.6. The summed E-state index contributed by atoms with van der Waals surface area (Å²) in [6.45, 7) is 1.48. The molecule has 11 heteroatoms. The molecule has 1 amide bonds. The predicted molar refractivity (Wildman–Crippen MR) is 116 cm³/mol. The molecule has 0 aliphatic carbocycles. The lowest BCUT2D eigenvalue weighted by Crippen LogP contribution is -2.23. The van der Waals surface area contributed by atoms with Crippen LogP contribution in [-0.4, -0.2) is 51.9 Å². The highest BCUT2D eigenvalue weighted by atomic mass is 32.1. The van der Waals surface area contributed by atoms with Crippen LogP contribution in [0.2, 0.25) is 0 Å². The molecule has 1 aliphatic rings. The van der Waals surface area contributed by atoms with Crippen LogP contribution in [0.4, 0.5) is 11.9 Å². The predicted octanol–water partition coefficient (Wildman–Crippen LogP) is 2.41. The number of imidazole rings is 1. The normalized spacial score (nSPS) is 14.2. The quantitative estimate of drug-likeness (QED) is 0.363. The summed E-state index contributed by atoms with van der Waals surface area (Å²) in [5.41, 5.74) is 2.32. The van der Waals surface area contributed by atoms with Gasteiger partial charge in [0, 0.05) is 11.6 Å². The van der Waals surface area contributed by atoms with E-state index in [0.29, 0.717) is 47.7 Å². The summed E-state index contributed by atoms with van der Waals surface area (Å²) < 4.78 is 10.8. The van der Waals surface area contributed by atoms with Crippen molar-refractivity contribution in [2.24, 2.45) is 0 Å². The molecule has 4 N–H and O–H groups in total. The van der Waals surface area contributed by atoms with Crippen molar-refractivity contribution >= 4 is 40.2 Å². The van der Waals surface area contributed by atoms with E-state index >= 15 is 0 Å². The number of amides is 1. The standard InChI is InChI=1S/C20H18N6O4S/c27-16-9-13(23-19(25-16)21-10-17-29-5-6-30-17)11-3-4-12-14(8-11)24-20(22-12)26-18(28)15-2-1-7-31-15/h1-4,7-9,17H,5-6,10H2,(H2,21,23,25,27)(H2,22,24,26,28). The lowest BCUT2D eigenvalue weighted by molar-refractivity contribution is -0.0300. The number of nitrogens with one attached hydrogen (secondary N) is 4. The first-order valence-electron chi connectivity index (χ1n) is 9.57. The number of anilines is 2. The minimum absolute atomic E-state index is 0.225. The van der Waals surface area contributed by atoms with Crippen LogP contribution in [0.5, 0.6) is 0 Å². The van der Waals surface area contributed by atoms with E-state index in [2.05, 4.69) is 30.6 Å². The van der Waals surface area contributed by atoms with Gasteiger partial charge >= 0.3 is 0 Å². The van der Waals surface area contributed by atoms with E-state index in [1.54, 1.807) is 12.1 Å². The van der Waals surface area contributed by atoms with Gasteiger partial charge in [-0.05, 0) is 23.6 Å². The van der Waals surface area contributed by atoms with Crippen LogP contribution < -0.4 is 16.2 Å². The molecule has 0 atom stereocenters. The van der Waals surface area contributed by atoms with Gasteiger partial charge in [0.15, 0.2) is 6.29 Å². The van der Waals surface area contributed by atoms with Crippen LogP contribution in [0, 0.1) is 0 Å². The maximum Gasteiger partial charge on any atom is 0.268 e. The van der Waals surface area contributed by atoms with Gasteiger partial charge in [-0.2, -0.15) is 0 Å². The molecule has 31 heavy (non-hydrogen) atoms. The molecule has 1 aromatic carbocycles. The number of rotatable bonds is 6. The Kier molecular flexibility index (Phi) is 5.20. The molecule has 4 heterocycles. The molecule has 0 bridgehead atoms. The second-order valence-electron chi connectivity index (χ2n) is 6.78. The Morgan fingerprint density at radius 1 is 1.13 bits per heavy atom. The summed E-state index contributed by atoms with van der Waals surface area (Å²) in [7, 11) is 0. The third-order valence-corrected chi connectivity index (χ3v) is 5.49. The molecule has 10 nitrogen and oxygen atoms in total. The maximum absolute atomic E-state index is 12.2. The molecular formula is C20H18N6O4S. The number of carbonyl (C=O) groups excluding carboxylic acids is 1. The summed E-state index contributed by atoms with van der Waals surface area (Å²) in [6.07, 6.45) is -0.364. The second kappa shape index (κ2) is 8.30. The van der Waals surface area contributed by atoms with E-state index in [-0.39, 0.29) is 17.8 Å². The number of H-pyrrole nitrogens is 2. The van der Waals surface area contributed by atoms with Gasteiger partial charge in [-0.15, -0.1) is 11.3 Å². The number of aromatic nitrogens is 4. The smallest absolute Gasteiger partial charge is 0.268 e. The molecule has 4 aromatic rings. The number of carbonyl (C=O) groups is 1. The van der Waals surface area contributed by atoms with Crippen LogP contribution >= 0.6 is 11.3 Å². The SMILES string of the molecule is O=C(Nc1nc2cc(-c3cc(=O)[nH]c(NCC4OCCO4)n3)ccc2[nH]1)c1cccs1. The summed E-state index contributed by atoms with van der Waals surface area (Å²) in [6, 6.07) is 10.4. The number of aromatic amines is 2. The van der Waals surface area contributed by atoms with Crippen molar-refractivity contribution in [2.75, 3.05) is 30.4 Å². The van der Waals surface area contributed by atoms with Crippen LogP contribution in [0.15, 0.2) is 46.6 Å². The lowest BCUT2D eigenvalue weighted by atomic mass is 10.1. The highest BCUT2D eigenvalue weighted by Crippen LogP contribution is 2.23.